The number of hydrogen-bond donors (Lipinski definition) is 1. The topological polar surface area (TPSA) is 33.6 Å². The number of nitrogens with zero attached hydrogens (tertiary/aromatic N) is 2. The summed E-state index contributed by atoms with van der Waals surface area (Å²) in [7, 11) is 0. The number of hydrogen-bond acceptors (Lipinski definition) is 1. The first-order valence-corrected chi connectivity index (χ1v) is 15.0. The van der Waals surface area contributed by atoms with Crippen LogP contribution in [0.1, 0.15) is 0 Å². The van der Waals surface area contributed by atoms with Crippen molar-refractivity contribution in [3.8, 4) is 39.2 Å². The van der Waals surface area contributed by atoms with Gasteiger partial charge in [-0.2, -0.15) is 0 Å². The molecule has 0 radical (unpaired) electrons. The Morgan fingerprint density at radius 2 is 1.09 bits per heavy atom. The van der Waals surface area contributed by atoms with Gasteiger partial charge in [-0.05, 0) is 64.7 Å². The Morgan fingerprint density at radius 3 is 1.84 bits per heavy atom. The number of aromatic nitrogens is 3. The highest BCUT2D eigenvalue weighted by Gasteiger charge is 2.18. The van der Waals surface area contributed by atoms with E-state index < -0.39 is 0 Å². The first-order valence-electron chi connectivity index (χ1n) is 15.0. The first kappa shape index (κ1) is 24.6. The van der Waals surface area contributed by atoms with Gasteiger partial charge < -0.3 is 4.98 Å². The van der Waals surface area contributed by atoms with Gasteiger partial charge in [0, 0.05) is 38.3 Å². The van der Waals surface area contributed by atoms with Crippen molar-refractivity contribution in [1.29, 1.82) is 0 Å². The fraction of sp³-hybridized carbons (Fsp3) is 0. The molecule has 0 aliphatic heterocycles. The average Bonchev–Trinajstić information content (AvgIpc) is 3.64. The van der Waals surface area contributed by atoms with Crippen molar-refractivity contribution >= 4 is 43.7 Å². The molecule has 9 aromatic rings. The predicted octanol–water partition coefficient (Wildman–Crippen LogP) is 10.8. The second kappa shape index (κ2) is 9.82. The molecular formula is C41H27N3. The van der Waals surface area contributed by atoms with E-state index in [-0.39, 0.29) is 0 Å². The van der Waals surface area contributed by atoms with Crippen molar-refractivity contribution < 1.29 is 0 Å². The third-order valence-electron chi connectivity index (χ3n) is 8.73. The van der Waals surface area contributed by atoms with Crippen LogP contribution in [0.15, 0.2) is 158 Å². The lowest BCUT2D eigenvalue weighted by molar-refractivity contribution is 1.14. The van der Waals surface area contributed by atoms with Gasteiger partial charge >= 0.3 is 0 Å². The van der Waals surface area contributed by atoms with E-state index in [1.54, 1.807) is 0 Å². The number of aromatic amines is 1. The highest BCUT2D eigenvalue weighted by atomic mass is 15.0. The van der Waals surface area contributed by atoms with Gasteiger partial charge in [-0.25, -0.2) is 4.98 Å². The molecule has 3 nitrogen and oxygen atoms in total. The number of benzene rings is 6. The highest BCUT2D eigenvalue weighted by Crippen LogP contribution is 2.38. The van der Waals surface area contributed by atoms with Gasteiger partial charge in [0.05, 0.1) is 16.7 Å². The lowest BCUT2D eigenvalue weighted by Gasteiger charge is -2.14. The summed E-state index contributed by atoms with van der Waals surface area (Å²) in [5.41, 5.74) is 12.2. The van der Waals surface area contributed by atoms with Crippen molar-refractivity contribution in [2.24, 2.45) is 0 Å². The molecule has 1 N–H and O–H groups in total. The highest BCUT2D eigenvalue weighted by molar-refractivity contribution is 6.12. The van der Waals surface area contributed by atoms with Crippen LogP contribution in [-0.2, 0) is 0 Å². The molecule has 3 heteroatoms. The van der Waals surface area contributed by atoms with Crippen molar-refractivity contribution in [1.82, 2.24) is 14.5 Å². The molecule has 0 saturated heterocycles. The van der Waals surface area contributed by atoms with Crippen molar-refractivity contribution in [3.05, 3.63) is 158 Å². The SMILES string of the molecule is c1ccc(-c2cc(-c3ccccc3)cc(-n3c4ccccc4c4ccc(-c5cccc6c5[nH]c5ccccc56)nc43)c2)cc1. The molecule has 44 heavy (non-hydrogen) atoms. The molecule has 3 heterocycles. The zero-order valence-electron chi connectivity index (χ0n) is 23.9. The molecule has 0 aliphatic carbocycles. The summed E-state index contributed by atoms with van der Waals surface area (Å²) in [6.07, 6.45) is 0. The van der Waals surface area contributed by atoms with Gasteiger partial charge in [0.1, 0.15) is 5.65 Å². The molecule has 0 atom stereocenters. The third kappa shape index (κ3) is 3.87. The van der Waals surface area contributed by atoms with E-state index in [2.05, 4.69) is 167 Å². The van der Waals surface area contributed by atoms with E-state index in [1.807, 2.05) is 0 Å². The molecule has 0 amide bonds. The molecule has 0 bridgehead atoms. The fourth-order valence-electron chi connectivity index (χ4n) is 6.67. The Kier molecular flexibility index (Phi) is 5.50. The standard InChI is InChI=1S/C41H27N3/c1-3-12-27(13-4-1)29-24-30(28-14-5-2-6-15-28)26-31(25-29)44-39-21-10-8-17-33(39)35-22-23-38(43-41(35)44)36-19-11-18-34-32-16-7-9-20-37(32)42-40(34)36/h1-26,42H. The second-order valence-corrected chi connectivity index (χ2v) is 11.3. The zero-order valence-corrected chi connectivity index (χ0v) is 23.9. The largest absolute Gasteiger partial charge is 0.354 e. The van der Waals surface area contributed by atoms with Crippen LogP contribution in [0.4, 0.5) is 0 Å². The normalized spacial score (nSPS) is 11.6. The summed E-state index contributed by atoms with van der Waals surface area (Å²) in [6, 6.07) is 56.1. The summed E-state index contributed by atoms with van der Waals surface area (Å²) in [6.45, 7) is 0. The number of rotatable bonds is 4. The summed E-state index contributed by atoms with van der Waals surface area (Å²) in [5, 5.41) is 4.77. The van der Waals surface area contributed by atoms with Crippen LogP contribution in [0.25, 0.3) is 82.9 Å². The Balaban J connectivity index is 1.33. The molecule has 3 aromatic heterocycles. The van der Waals surface area contributed by atoms with Crippen LogP contribution in [-0.4, -0.2) is 14.5 Å². The number of fused-ring (bicyclic) bond motifs is 6. The third-order valence-corrected chi connectivity index (χ3v) is 8.73. The molecule has 0 unspecified atom stereocenters. The maximum atomic E-state index is 5.43. The quantitative estimate of drug-likeness (QED) is 0.228. The van der Waals surface area contributed by atoms with Crippen LogP contribution >= 0.6 is 0 Å². The summed E-state index contributed by atoms with van der Waals surface area (Å²) in [5.74, 6) is 0. The Labute approximate surface area is 254 Å². The number of H-pyrrole nitrogens is 1. The summed E-state index contributed by atoms with van der Waals surface area (Å²) < 4.78 is 2.33. The minimum Gasteiger partial charge on any atom is -0.354 e. The van der Waals surface area contributed by atoms with E-state index in [1.165, 1.54) is 38.4 Å². The number of para-hydroxylation sites is 3. The maximum Gasteiger partial charge on any atom is 0.146 e. The second-order valence-electron chi connectivity index (χ2n) is 11.3. The van der Waals surface area contributed by atoms with E-state index in [0.29, 0.717) is 0 Å². The summed E-state index contributed by atoms with van der Waals surface area (Å²) in [4.78, 5) is 9.10. The smallest absolute Gasteiger partial charge is 0.146 e. The van der Waals surface area contributed by atoms with E-state index >= 15 is 0 Å². The molecule has 0 aliphatic rings. The lowest BCUT2D eigenvalue weighted by atomic mass is 9.98. The van der Waals surface area contributed by atoms with Crippen molar-refractivity contribution in [2.75, 3.05) is 0 Å². The monoisotopic (exact) mass is 561 g/mol. The Bertz CT molecular complexity index is 2430. The van der Waals surface area contributed by atoms with Crippen LogP contribution in [0.2, 0.25) is 0 Å². The molecule has 0 saturated carbocycles. The molecule has 0 spiro atoms. The van der Waals surface area contributed by atoms with Gasteiger partial charge in [0.2, 0.25) is 0 Å². The zero-order chi connectivity index (χ0) is 29.0. The van der Waals surface area contributed by atoms with E-state index in [4.69, 9.17) is 4.98 Å². The van der Waals surface area contributed by atoms with E-state index in [9.17, 15) is 0 Å². The molecule has 206 valence electrons. The lowest BCUT2D eigenvalue weighted by Crippen LogP contribution is -1.98. The minimum atomic E-state index is 0.945. The van der Waals surface area contributed by atoms with Crippen LogP contribution < -0.4 is 0 Å². The number of pyridine rings is 1. The molecular weight excluding hydrogens is 534 g/mol. The van der Waals surface area contributed by atoms with Crippen LogP contribution in [0.5, 0.6) is 0 Å². The van der Waals surface area contributed by atoms with Gasteiger partial charge in [-0.15, -0.1) is 0 Å². The Morgan fingerprint density at radius 1 is 0.455 bits per heavy atom. The predicted molar refractivity (Wildman–Crippen MR) is 184 cm³/mol. The van der Waals surface area contributed by atoms with Gasteiger partial charge in [-0.1, -0.05) is 115 Å². The Hall–Kier alpha value is -5.93. The molecule has 6 aromatic carbocycles. The van der Waals surface area contributed by atoms with Gasteiger partial charge in [0.15, 0.2) is 0 Å². The summed E-state index contributed by atoms with van der Waals surface area (Å²) >= 11 is 0. The van der Waals surface area contributed by atoms with Crippen molar-refractivity contribution in [3.63, 3.8) is 0 Å². The van der Waals surface area contributed by atoms with Crippen molar-refractivity contribution in [2.45, 2.75) is 0 Å². The van der Waals surface area contributed by atoms with Gasteiger partial charge in [0.25, 0.3) is 0 Å². The molecule has 9 rings (SSSR count). The van der Waals surface area contributed by atoms with Crippen LogP contribution in [0.3, 0.4) is 0 Å². The average molecular weight is 562 g/mol. The fourth-order valence-corrected chi connectivity index (χ4v) is 6.67. The van der Waals surface area contributed by atoms with E-state index in [0.717, 1.165) is 44.5 Å². The van der Waals surface area contributed by atoms with Gasteiger partial charge in [-0.3, -0.25) is 4.57 Å². The minimum absolute atomic E-state index is 0.945. The van der Waals surface area contributed by atoms with Crippen LogP contribution in [0, 0.1) is 0 Å². The molecule has 0 fully saturated rings. The number of nitrogens with one attached hydrogen (secondary N) is 1. The first-order chi connectivity index (χ1) is 21.8. The maximum absolute atomic E-state index is 5.43.